The summed E-state index contributed by atoms with van der Waals surface area (Å²) in [5, 5.41) is 6.30. The molecule has 1 heterocycles. The Morgan fingerprint density at radius 2 is 1.68 bits per heavy atom. The van der Waals surface area contributed by atoms with Crippen LogP contribution in [0.1, 0.15) is 59.3 Å². The fraction of sp³-hybridized carbons (Fsp3) is 0.941. The van der Waals surface area contributed by atoms with Crippen molar-refractivity contribution in [2.75, 3.05) is 32.7 Å². The third kappa shape index (κ3) is 11.1. The largest absolute Gasteiger partial charge is 0.389 e. The van der Waals surface area contributed by atoms with Gasteiger partial charge in [0.2, 0.25) is 0 Å². The van der Waals surface area contributed by atoms with Crippen molar-refractivity contribution in [3.63, 3.8) is 0 Å². The van der Waals surface area contributed by atoms with E-state index in [0.717, 1.165) is 19.6 Å². The van der Waals surface area contributed by atoms with Crippen LogP contribution < -0.4 is 10.6 Å². The van der Waals surface area contributed by atoms with Crippen molar-refractivity contribution in [1.82, 2.24) is 15.5 Å². The third-order valence-corrected chi connectivity index (χ3v) is 4.36. The van der Waals surface area contributed by atoms with Gasteiger partial charge in [0, 0.05) is 25.0 Å². The molecule has 0 bridgehead atoms. The SMILES string of the molecule is CCNC(=NCC(C)(C)N1CCCCC1)NCCCCC(F)(F)F.I. The summed E-state index contributed by atoms with van der Waals surface area (Å²) in [6, 6.07) is 0. The molecule has 0 atom stereocenters. The number of piperidine rings is 1. The molecule has 0 unspecified atom stereocenters. The summed E-state index contributed by atoms with van der Waals surface area (Å²) in [6.45, 7) is 10.5. The Morgan fingerprint density at radius 3 is 2.24 bits per heavy atom. The Hall–Kier alpha value is -0.250. The van der Waals surface area contributed by atoms with E-state index in [9.17, 15) is 13.2 Å². The molecule has 0 aromatic heterocycles. The second kappa shape index (κ2) is 12.2. The van der Waals surface area contributed by atoms with E-state index < -0.39 is 12.6 Å². The molecule has 2 N–H and O–H groups in total. The van der Waals surface area contributed by atoms with E-state index in [-0.39, 0.29) is 35.9 Å². The predicted octanol–water partition coefficient (Wildman–Crippen LogP) is 4.16. The van der Waals surface area contributed by atoms with Crippen LogP contribution in [0, 0.1) is 0 Å². The number of likely N-dealkylation sites (tertiary alicyclic amines) is 1. The van der Waals surface area contributed by atoms with Crippen molar-refractivity contribution < 1.29 is 13.2 Å². The number of alkyl halides is 3. The van der Waals surface area contributed by atoms with Crippen LogP contribution >= 0.6 is 24.0 Å². The van der Waals surface area contributed by atoms with E-state index in [0.29, 0.717) is 25.5 Å². The number of unbranched alkanes of at least 4 members (excludes halogenated alkanes) is 1. The molecule has 1 rings (SSSR count). The number of nitrogens with zero attached hydrogens (tertiary/aromatic N) is 2. The van der Waals surface area contributed by atoms with Crippen LogP contribution in [0.4, 0.5) is 13.2 Å². The molecule has 1 fully saturated rings. The first-order valence-electron chi connectivity index (χ1n) is 9.08. The highest BCUT2D eigenvalue weighted by molar-refractivity contribution is 14.0. The highest BCUT2D eigenvalue weighted by Gasteiger charge is 2.28. The average molecular weight is 478 g/mol. The van der Waals surface area contributed by atoms with Crippen molar-refractivity contribution in [2.45, 2.75) is 71.0 Å². The summed E-state index contributed by atoms with van der Waals surface area (Å²) < 4.78 is 36.4. The Kier molecular flexibility index (Phi) is 12.1. The Balaban J connectivity index is 0.00000576. The van der Waals surface area contributed by atoms with Crippen LogP contribution in [0.25, 0.3) is 0 Å². The van der Waals surface area contributed by atoms with E-state index in [1.54, 1.807) is 0 Å². The zero-order chi connectivity index (χ0) is 18.1. The molecule has 8 heteroatoms. The first-order valence-corrected chi connectivity index (χ1v) is 9.08. The number of halogens is 4. The summed E-state index contributed by atoms with van der Waals surface area (Å²) in [5.74, 6) is 0.689. The van der Waals surface area contributed by atoms with Crippen molar-refractivity contribution in [3.8, 4) is 0 Å². The van der Waals surface area contributed by atoms with Crippen molar-refractivity contribution >= 4 is 29.9 Å². The molecule has 0 aliphatic carbocycles. The second-order valence-corrected chi connectivity index (χ2v) is 7.05. The molecule has 150 valence electrons. The quantitative estimate of drug-likeness (QED) is 0.238. The second-order valence-electron chi connectivity index (χ2n) is 7.05. The molecule has 1 aliphatic heterocycles. The highest BCUT2D eigenvalue weighted by atomic mass is 127. The van der Waals surface area contributed by atoms with Gasteiger partial charge in [-0.15, -0.1) is 24.0 Å². The summed E-state index contributed by atoms with van der Waals surface area (Å²) in [6.07, 6.45) is -0.358. The standard InChI is InChI=1S/C17H33F3N4.HI/c1-4-21-15(22-11-7-6-10-17(18,19)20)23-14-16(2,3)24-12-8-5-9-13-24;/h4-14H2,1-3H3,(H2,21,22,23);1H. The predicted molar refractivity (Wildman–Crippen MR) is 109 cm³/mol. The fourth-order valence-electron chi connectivity index (χ4n) is 2.87. The molecule has 0 spiro atoms. The van der Waals surface area contributed by atoms with Crippen LogP contribution in [-0.4, -0.2) is 55.3 Å². The van der Waals surface area contributed by atoms with Gasteiger partial charge < -0.3 is 10.6 Å². The van der Waals surface area contributed by atoms with Gasteiger partial charge in [-0.25, -0.2) is 0 Å². The first-order chi connectivity index (χ1) is 11.2. The molecule has 1 saturated heterocycles. The van der Waals surface area contributed by atoms with E-state index in [2.05, 4.69) is 34.4 Å². The third-order valence-electron chi connectivity index (χ3n) is 4.36. The maximum Gasteiger partial charge on any atom is 0.389 e. The van der Waals surface area contributed by atoms with Crippen LogP contribution in [-0.2, 0) is 0 Å². The lowest BCUT2D eigenvalue weighted by atomic mass is 9.99. The van der Waals surface area contributed by atoms with E-state index >= 15 is 0 Å². The van der Waals surface area contributed by atoms with Gasteiger partial charge in [0.1, 0.15) is 0 Å². The molecular formula is C17H34F3IN4. The molecule has 0 amide bonds. The van der Waals surface area contributed by atoms with Gasteiger partial charge in [-0.05, 0) is 59.5 Å². The van der Waals surface area contributed by atoms with Crippen LogP contribution in [0.5, 0.6) is 0 Å². The normalized spacial score (nSPS) is 17.1. The molecule has 4 nitrogen and oxygen atoms in total. The lowest BCUT2D eigenvalue weighted by Gasteiger charge is -2.40. The van der Waals surface area contributed by atoms with Crippen molar-refractivity contribution in [3.05, 3.63) is 0 Å². The topological polar surface area (TPSA) is 39.7 Å². The zero-order valence-electron chi connectivity index (χ0n) is 15.7. The highest BCUT2D eigenvalue weighted by Crippen LogP contribution is 2.22. The molecule has 0 aromatic rings. The minimum Gasteiger partial charge on any atom is -0.357 e. The average Bonchev–Trinajstić information content (AvgIpc) is 2.52. The van der Waals surface area contributed by atoms with E-state index in [1.165, 1.54) is 19.3 Å². The minimum atomic E-state index is -4.06. The van der Waals surface area contributed by atoms with Gasteiger partial charge in [0.15, 0.2) is 5.96 Å². The Labute approximate surface area is 167 Å². The van der Waals surface area contributed by atoms with Gasteiger partial charge >= 0.3 is 6.18 Å². The monoisotopic (exact) mass is 478 g/mol. The van der Waals surface area contributed by atoms with Crippen molar-refractivity contribution in [1.29, 1.82) is 0 Å². The number of guanidine groups is 1. The van der Waals surface area contributed by atoms with Gasteiger partial charge in [0.25, 0.3) is 0 Å². The fourth-order valence-corrected chi connectivity index (χ4v) is 2.87. The first kappa shape index (κ1) is 24.8. The number of nitrogens with one attached hydrogen (secondary N) is 2. The van der Waals surface area contributed by atoms with E-state index in [1.807, 2.05) is 6.92 Å². The van der Waals surface area contributed by atoms with Crippen LogP contribution in [0.3, 0.4) is 0 Å². The van der Waals surface area contributed by atoms with Gasteiger partial charge in [0.05, 0.1) is 6.54 Å². The summed E-state index contributed by atoms with van der Waals surface area (Å²) in [7, 11) is 0. The smallest absolute Gasteiger partial charge is 0.357 e. The van der Waals surface area contributed by atoms with Crippen LogP contribution in [0.2, 0.25) is 0 Å². The van der Waals surface area contributed by atoms with Gasteiger partial charge in [-0.2, -0.15) is 13.2 Å². The number of rotatable bonds is 8. The minimum absolute atomic E-state index is 0. The molecule has 25 heavy (non-hydrogen) atoms. The molecule has 0 aromatic carbocycles. The van der Waals surface area contributed by atoms with Gasteiger partial charge in [-0.3, -0.25) is 9.89 Å². The zero-order valence-corrected chi connectivity index (χ0v) is 18.0. The lowest BCUT2D eigenvalue weighted by molar-refractivity contribution is -0.135. The van der Waals surface area contributed by atoms with Crippen LogP contribution in [0.15, 0.2) is 4.99 Å². The maximum atomic E-state index is 12.1. The van der Waals surface area contributed by atoms with E-state index in [4.69, 9.17) is 0 Å². The number of hydrogen-bond donors (Lipinski definition) is 2. The summed E-state index contributed by atoms with van der Waals surface area (Å²) >= 11 is 0. The lowest BCUT2D eigenvalue weighted by Crippen LogP contribution is -2.49. The Bertz CT molecular complexity index is 381. The number of hydrogen-bond acceptors (Lipinski definition) is 2. The molecule has 0 radical (unpaired) electrons. The molecule has 0 saturated carbocycles. The van der Waals surface area contributed by atoms with Gasteiger partial charge in [-0.1, -0.05) is 6.42 Å². The summed E-state index contributed by atoms with van der Waals surface area (Å²) in [5.41, 5.74) is -0.000937. The summed E-state index contributed by atoms with van der Waals surface area (Å²) in [4.78, 5) is 7.12. The number of aliphatic imine (C=N–C) groups is 1. The maximum absolute atomic E-state index is 12.1. The molecule has 1 aliphatic rings. The Morgan fingerprint density at radius 1 is 1.04 bits per heavy atom. The molecular weight excluding hydrogens is 444 g/mol. The van der Waals surface area contributed by atoms with Crippen molar-refractivity contribution in [2.24, 2.45) is 4.99 Å².